The predicted octanol–water partition coefficient (Wildman–Crippen LogP) is 2.54. The topological polar surface area (TPSA) is 85.8 Å². The highest BCUT2D eigenvalue weighted by Crippen LogP contribution is 2.25. The largest absolute Gasteiger partial charge is 0.336 e. The molecule has 3 N–H and O–H groups in total. The van der Waals surface area contributed by atoms with Gasteiger partial charge in [-0.1, -0.05) is 43.8 Å². The lowest BCUT2D eigenvalue weighted by Crippen LogP contribution is -2.24. The van der Waals surface area contributed by atoms with Crippen molar-refractivity contribution in [2.45, 2.75) is 50.9 Å². The zero-order valence-electron chi connectivity index (χ0n) is 14.0. The van der Waals surface area contributed by atoms with Crippen molar-refractivity contribution >= 4 is 23.4 Å². The van der Waals surface area contributed by atoms with Crippen LogP contribution in [0, 0.1) is 6.92 Å². The smallest absolute Gasteiger partial charge is 0.237 e. The number of nitrogens with two attached hydrogens (primary N) is 1. The average Bonchev–Trinajstić information content (AvgIpc) is 2.89. The van der Waals surface area contributed by atoms with E-state index in [9.17, 15) is 4.79 Å². The Morgan fingerprint density at radius 2 is 2.09 bits per heavy atom. The second kappa shape index (κ2) is 7.50. The number of anilines is 1. The number of hydrogen-bond donors (Lipinski definition) is 2. The summed E-state index contributed by atoms with van der Waals surface area (Å²) in [5, 5.41) is 11.3. The van der Waals surface area contributed by atoms with E-state index >= 15 is 0 Å². The Morgan fingerprint density at radius 1 is 1.35 bits per heavy atom. The van der Waals surface area contributed by atoms with E-state index in [2.05, 4.69) is 22.4 Å². The number of carbonyl (C=O) groups excluding carboxylic acids is 1. The van der Waals surface area contributed by atoms with Crippen molar-refractivity contribution in [2.75, 3.05) is 11.2 Å². The molecule has 2 aromatic rings. The van der Waals surface area contributed by atoms with Crippen molar-refractivity contribution in [3.63, 3.8) is 0 Å². The molecule has 0 bridgehead atoms. The molecule has 0 spiro atoms. The molecule has 0 radical (unpaired) electrons. The second-order valence-electron chi connectivity index (χ2n) is 5.33. The third-order valence-electron chi connectivity index (χ3n) is 3.69. The van der Waals surface area contributed by atoms with Gasteiger partial charge >= 0.3 is 0 Å². The lowest BCUT2D eigenvalue weighted by Gasteiger charge is -2.16. The molecule has 23 heavy (non-hydrogen) atoms. The van der Waals surface area contributed by atoms with Gasteiger partial charge in [0.1, 0.15) is 0 Å². The summed E-state index contributed by atoms with van der Waals surface area (Å²) >= 11 is 1.31. The van der Waals surface area contributed by atoms with Crippen LogP contribution in [-0.4, -0.2) is 26.0 Å². The third-order valence-corrected chi connectivity index (χ3v) is 4.75. The molecular weight excluding hydrogens is 310 g/mol. The normalized spacial score (nSPS) is 12.2. The number of carbonyl (C=O) groups is 1. The van der Waals surface area contributed by atoms with E-state index in [0.29, 0.717) is 17.4 Å². The van der Waals surface area contributed by atoms with Crippen LogP contribution >= 0.6 is 11.8 Å². The summed E-state index contributed by atoms with van der Waals surface area (Å²) in [6, 6.07) is 6.03. The van der Waals surface area contributed by atoms with Gasteiger partial charge in [0.05, 0.1) is 5.25 Å². The lowest BCUT2D eigenvalue weighted by molar-refractivity contribution is -0.115. The Bertz CT molecular complexity index is 698. The van der Waals surface area contributed by atoms with Gasteiger partial charge in [-0.3, -0.25) is 4.79 Å². The zero-order valence-corrected chi connectivity index (χ0v) is 14.8. The minimum absolute atomic E-state index is 0.0694. The summed E-state index contributed by atoms with van der Waals surface area (Å²) in [6.07, 6.45) is 1.57. The molecule has 1 amide bonds. The molecule has 1 aromatic carbocycles. The van der Waals surface area contributed by atoms with Gasteiger partial charge in [-0.05, 0) is 31.4 Å². The van der Waals surface area contributed by atoms with Crippen LogP contribution in [0.4, 0.5) is 5.69 Å². The minimum atomic E-state index is -0.324. The van der Waals surface area contributed by atoms with E-state index in [1.165, 1.54) is 16.4 Å². The summed E-state index contributed by atoms with van der Waals surface area (Å²) in [6.45, 7) is 7.87. The van der Waals surface area contributed by atoms with Crippen molar-refractivity contribution in [3.8, 4) is 0 Å². The van der Waals surface area contributed by atoms with E-state index in [4.69, 9.17) is 5.84 Å². The van der Waals surface area contributed by atoms with Gasteiger partial charge in [-0.15, -0.1) is 10.2 Å². The van der Waals surface area contributed by atoms with Crippen molar-refractivity contribution < 1.29 is 4.79 Å². The fourth-order valence-electron chi connectivity index (χ4n) is 2.27. The molecule has 0 saturated carbocycles. The van der Waals surface area contributed by atoms with Crippen LogP contribution in [0.5, 0.6) is 0 Å². The molecule has 0 fully saturated rings. The number of aryl methyl sites for hydroxylation is 3. The van der Waals surface area contributed by atoms with E-state index in [-0.39, 0.29) is 11.2 Å². The van der Waals surface area contributed by atoms with E-state index in [0.717, 1.165) is 23.2 Å². The fraction of sp³-hybridized carbons (Fsp3) is 0.438. The average molecular weight is 333 g/mol. The van der Waals surface area contributed by atoms with E-state index in [1.807, 2.05) is 39.0 Å². The first kappa shape index (κ1) is 17.3. The highest BCUT2D eigenvalue weighted by molar-refractivity contribution is 8.00. The van der Waals surface area contributed by atoms with E-state index in [1.54, 1.807) is 0 Å². The molecule has 1 atom stereocenters. The maximum absolute atomic E-state index is 12.5. The molecule has 0 aliphatic carbocycles. The number of nitrogen functional groups attached to an aromatic ring is 1. The van der Waals surface area contributed by atoms with Crippen molar-refractivity contribution in [1.29, 1.82) is 0 Å². The van der Waals surface area contributed by atoms with Crippen LogP contribution in [0.3, 0.4) is 0 Å². The highest BCUT2D eigenvalue weighted by Gasteiger charge is 2.20. The van der Waals surface area contributed by atoms with E-state index < -0.39 is 0 Å². The highest BCUT2D eigenvalue weighted by atomic mass is 32.2. The molecular formula is C16H23N5OS. The summed E-state index contributed by atoms with van der Waals surface area (Å²) in [7, 11) is 0. The fourth-order valence-corrected chi connectivity index (χ4v) is 3.06. The number of amides is 1. The van der Waals surface area contributed by atoms with Gasteiger partial charge in [0.15, 0.2) is 5.82 Å². The van der Waals surface area contributed by atoms with Crippen LogP contribution in [0.2, 0.25) is 0 Å². The van der Waals surface area contributed by atoms with Crippen LogP contribution in [0.15, 0.2) is 23.4 Å². The van der Waals surface area contributed by atoms with Gasteiger partial charge in [-0.2, -0.15) is 0 Å². The predicted molar refractivity (Wildman–Crippen MR) is 94.1 cm³/mol. The summed E-state index contributed by atoms with van der Waals surface area (Å²) in [4.78, 5) is 12.5. The Hall–Kier alpha value is -2.02. The Kier molecular flexibility index (Phi) is 5.65. The standard InChI is InChI=1S/C16H23N5OS/c1-5-12-9-7-8-10(3)14(12)18-15(22)11(4)23-16-20-19-13(6-2)21(16)17/h7-9,11H,5-6,17H2,1-4H3,(H,18,22)/t11-/m0/s1. The lowest BCUT2D eigenvalue weighted by atomic mass is 10.1. The number of para-hydroxylation sites is 1. The molecule has 0 unspecified atom stereocenters. The molecule has 124 valence electrons. The molecule has 6 nitrogen and oxygen atoms in total. The molecule has 1 aromatic heterocycles. The van der Waals surface area contributed by atoms with Gasteiger partial charge < -0.3 is 11.2 Å². The Morgan fingerprint density at radius 3 is 2.70 bits per heavy atom. The number of rotatable bonds is 6. The molecule has 1 heterocycles. The zero-order chi connectivity index (χ0) is 17.0. The number of thioether (sulfide) groups is 1. The second-order valence-corrected chi connectivity index (χ2v) is 6.64. The number of benzene rings is 1. The van der Waals surface area contributed by atoms with Crippen molar-refractivity contribution in [2.24, 2.45) is 0 Å². The quantitative estimate of drug-likeness (QED) is 0.627. The molecule has 0 aliphatic heterocycles. The van der Waals surface area contributed by atoms with Crippen LogP contribution in [0.1, 0.15) is 37.7 Å². The first-order valence-electron chi connectivity index (χ1n) is 7.73. The summed E-state index contributed by atoms with van der Waals surface area (Å²) in [5.74, 6) is 6.56. The molecule has 0 aliphatic rings. The molecule has 2 rings (SSSR count). The SMILES string of the molecule is CCc1cccc(C)c1NC(=O)[C@H](C)Sc1nnc(CC)n1N. The van der Waals surface area contributed by atoms with Crippen LogP contribution in [0.25, 0.3) is 0 Å². The van der Waals surface area contributed by atoms with Gasteiger partial charge in [0, 0.05) is 12.1 Å². The maximum atomic E-state index is 12.5. The Balaban J connectivity index is 2.10. The maximum Gasteiger partial charge on any atom is 0.237 e. The first-order chi connectivity index (χ1) is 11.0. The number of nitrogens with zero attached hydrogens (tertiary/aromatic N) is 3. The van der Waals surface area contributed by atoms with Crippen LogP contribution < -0.4 is 11.2 Å². The summed E-state index contributed by atoms with van der Waals surface area (Å²) < 4.78 is 1.44. The first-order valence-corrected chi connectivity index (χ1v) is 8.61. The third kappa shape index (κ3) is 3.85. The molecule has 7 heteroatoms. The van der Waals surface area contributed by atoms with Gasteiger partial charge in [-0.25, -0.2) is 4.68 Å². The van der Waals surface area contributed by atoms with Gasteiger partial charge in [0.25, 0.3) is 0 Å². The summed E-state index contributed by atoms with van der Waals surface area (Å²) in [5.41, 5.74) is 3.09. The monoisotopic (exact) mass is 333 g/mol. The van der Waals surface area contributed by atoms with Crippen molar-refractivity contribution in [1.82, 2.24) is 14.9 Å². The van der Waals surface area contributed by atoms with Crippen molar-refractivity contribution in [3.05, 3.63) is 35.2 Å². The Labute approximate surface area is 140 Å². The van der Waals surface area contributed by atoms with Gasteiger partial charge in [0.2, 0.25) is 11.1 Å². The van der Waals surface area contributed by atoms with Crippen LogP contribution in [-0.2, 0) is 17.6 Å². The number of aromatic nitrogens is 3. The number of nitrogens with one attached hydrogen (secondary N) is 1. The number of hydrogen-bond acceptors (Lipinski definition) is 5. The minimum Gasteiger partial charge on any atom is -0.336 e. The molecule has 0 saturated heterocycles.